The SMILES string of the molecule is CCC(CC)[C@@H](CNC(=O)Nc1cccc([N+](=O)[O-])c1)N1CCCC1. The summed E-state index contributed by atoms with van der Waals surface area (Å²) in [7, 11) is 0. The lowest BCUT2D eigenvalue weighted by Crippen LogP contribution is -2.47. The number of amides is 2. The first kappa shape index (κ1) is 19.2. The number of anilines is 1. The van der Waals surface area contributed by atoms with E-state index in [9.17, 15) is 14.9 Å². The maximum atomic E-state index is 12.2. The Morgan fingerprint density at radius 3 is 2.56 bits per heavy atom. The lowest BCUT2D eigenvalue weighted by molar-refractivity contribution is -0.384. The Kier molecular flexibility index (Phi) is 7.18. The van der Waals surface area contributed by atoms with E-state index >= 15 is 0 Å². The van der Waals surface area contributed by atoms with E-state index in [-0.39, 0.29) is 11.7 Å². The molecule has 0 aliphatic carbocycles. The molecule has 138 valence electrons. The van der Waals surface area contributed by atoms with E-state index in [0.717, 1.165) is 25.9 Å². The van der Waals surface area contributed by atoms with E-state index in [1.165, 1.54) is 25.0 Å². The molecule has 0 radical (unpaired) electrons. The van der Waals surface area contributed by atoms with E-state index in [1.807, 2.05) is 0 Å². The van der Waals surface area contributed by atoms with Crippen LogP contribution in [0.15, 0.2) is 24.3 Å². The lowest BCUT2D eigenvalue weighted by Gasteiger charge is -2.33. The van der Waals surface area contributed by atoms with Crippen LogP contribution in [-0.2, 0) is 0 Å². The average Bonchev–Trinajstić information content (AvgIpc) is 3.13. The maximum absolute atomic E-state index is 12.2. The van der Waals surface area contributed by atoms with Crippen LogP contribution < -0.4 is 10.6 Å². The number of nitrogens with zero attached hydrogens (tertiary/aromatic N) is 2. The van der Waals surface area contributed by atoms with Crippen molar-refractivity contribution in [1.29, 1.82) is 0 Å². The van der Waals surface area contributed by atoms with E-state index in [1.54, 1.807) is 12.1 Å². The maximum Gasteiger partial charge on any atom is 0.319 e. The standard InChI is InChI=1S/C18H28N4O3/c1-3-14(4-2)17(21-10-5-6-11-21)13-19-18(23)20-15-8-7-9-16(12-15)22(24)25/h7-9,12,14,17H,3-6,10-11,13H2,1-2H3,(H2,19,20,23)/t17-/m1/s1. The van der Waals surface area contributed by atoms with Crippen molar-refractivity contribution in [2.75, 3.05) is 25.0 Å². The van der Waals surface area contributed by atoms with Gasteiger partial charge in [-0.05, 0) is 37.9 Å². The molecule has 1 aliphatic heterocycles. The second kappa shape index (κ2) is 9.36. The van der Waals surface area contributed by atoms with Crippen molar-refractivity contribution in [2.24, 2.45) is 5.92 Å². The highest BCUT2D eigenvalue weighted by Crippen LogP contribution is 2.22. The third-order valence-corrected chi connectivity index (χ3v) is 4.99. The molecular weight excluding hydrogens is 320 g/mol. The number of carbonyl (C=O) groups is 1. The van der Waals surface area contributed by atoms with Gasteiger partial charge in [0.1, 0.15) is 0 Å². The number of nitro benzene ring substituents is 1. The second-order valence-electron chi connectivity index (χ2n) is 6.53. The van der Waals surface area contributed by atoms with Crippen LogP contribution >= 0.6 is 0 Å². The molecule has 2 amide bonds. The van der Waals surface area contributed by atoms with Gasteiger partial charge in [0.25, 0.3) is 5.69 Å². The topological polar surface area (TPSA) is 87.5 Å². The van der Waals surface area contributed by atoms with Crippen molar-refractivity contribution in [2.45, 2.75) is 45.6 Å². The normalized spacial score (nSPS) is 16.0. The number of benzene rings is 1. The van der Waals surface area contributed by atoms with Crippen molar-refractivity contribution in [1.82, 2.24) is 10.2 Å². The van der Waals surface area contributed by atoms with Gasteiger partial charge in [0.15, 0.2) is 0 Å². The Morgan fingerprint density at radius 2 is 1.96 bits per heavy atom. The van der Waals surface area contributed by atoms with Gasteiger partial charge in [-0.1, -0.05) is 32.8 Å². The fourth-order valence-corrected chi connectivity index (χ4v) is 3.57. The number of hydrogen-bond acceptors (Lipinski definition) is 4. The van der Waals surface area contributed by atoms with Gasteiger partial charge in [-0.15, -0.1) is 0 Å². The Hall–Kier alpha value is -2.15. The Bertz CT molecular complexity index is 581. The Morgan fingerprint density at radius 1 is 1.28 bits per heavy atom. The Labute approximate surface area is 148 Å². The van der Waals surface area contributed by atoms with Crippen molar-refractivity contribution < 1.29 is 9.72 Å². The molecule has 1 fully saturated rings. The summed E-state index contributed by atoms with van der Waals surface area (Å²) in [6.07, 6.45) is 4.62. The molecule has 0 saturated carbocycles. The number of rotatable bonds is 8. The van der Waals surface area contributed by atoms with Crippen LogP contribution in [0.2, 0.25) is 0 Å². The van der Waals surface area contributed by atoms with Crippen LogP contribution in [-0.4, -0.2) is 41.5 Å². The van der Waals surface area contributed by atoms with Crippen molar-refractivity contribution in [3.05, 3.63) is 34.4 Å². The molecule has 0 unspecified atom stereocenters. The smallest absolute Gasteiger partial charge is 0.319 e. The molecule has 2 N–H and O–H groups in total. The van der Waals surface area contributed by atoms with Crippen molar-refractivity contribution in [3.8, 4) is 0 Å². The summed E-state index contributed by atoms with van der Waals surface area (Å²) >= 11 is 0. The minimum Gasteiger partial charge on any atom is -0.336 e. The lowest BCUT2D eigenvalue weighted by atomic mass is 9.93. The first-order chi connectivity index (χ1) is 12.0. The number of non-ortho nitro benzene ring substituents is 1. The Balaban J connectivity index is 1.93. The summed E-state index contributed by atoms with van der Waals surface area (Å²) in [5.74, 6) is 0.552. The number of carbonyl (C=O) groups excluding carboxylic acids is 1. The second-order valence-corrected chi connectivity index (χ2v) is 6.53. The van der Waals surface area contributed by atoms with Gasteiger partial charge in [-0.3, -0.25) is 15.0 Å². The van der Waals surface area contributed by atoms with Crippen LogP contribution in [0.5, 0.6) is 0 Å². The predicted molar refractivity (Wildman–Crippen MR) is 98.8 cm³/mol. The van der Waals surface area contributed by atoms with Gasteiger partial charge < -0.3 is 10.6 Å². The van der Waals surface area contributed by atoms with Gasteiger partial charge in [0.2, 0.25) is 0 Å². The molecule has 2 rings (SSSR count). The molecule has 25 heavy (non-hydrogen) atoms. The fourth-order valence-electron chi connectivity index (χ4n) is 3.57. The van der Waals surface area contributed by atoms with Gasteiger partial charge in [-0.2, -0.15) is 0 Å². The van der Waals surface area contributed by atoms with Gasteiger partial charge >= 0.3 is 6.03 Å². The van der Waals surface area contributed by atoms with Gasteiger partial charge in [0, 0.05) is 30.4 Å². The largest absolute Gasteiger partial charge is 0.336 e. The molecule has 1 aliphatic rings. The van der Waals surface area contributed by atoms with E-state index in [4.69, 9.17) is 0 Å². The van der Waals surface area contributed by atoms with Crippen LogP contribution in [0.1, 0.15) is 39.5 Å². The molecule has 0 spiro atoms. The minimum atomic E-state index is -0.473. The zero-order chi connectivity index (χ0) is 18.2. The van der Waals surface area contributed by atoms with E-state index in [2.05, 4.69) is 29.4 Å². The van der Waals surface area contributed by atoms with Gasteiger partial charge in [0.05, 0.1) is 4.92 Å². The first-order valence-electron chi connectivity index (χ1n) is 9.08. The molecule has 1 atom stereocenters. The molecule has 7 heteroatoms. The monoisotopic (exact) mass is 348 g/mol. The van der Waals surface area contributed by atoms with Crippen LogP contribution in [0.25, 0.3) is 0 Å². The summed E-state index contributed by atoms with van der Waals surface area (Å²) < 4.78 is 0. The molecule has 7 nitrogen and oxygen atoms in total. The first-order valence-corrected chi connectivity index (χ1v) is 9.08. The zero-order valence-electron chi connectivity index (χ0n) is 15.0. The number of urea groups is 1. The van der Waals surface area contributed by atoms with Crippen molar-refractivity contribution >= 4 is 17.4 Å². The number of likely N-dealkylation sites (tertiary alicyclic amines) is 1. The third kappa shape index (κ3) is 5.42. The van der Waals surface area contributed by atoms with E-state index < -0.39 is 4.92 Å². The minimum absolute atomic E-state index is 0.0372. The highest BCUT2D eigenvalue weighted by molar-refractivity contribution is 5.89. The summed E-state index contributed by atoms with van der Waals surface area (Å²) in [5.41, 5.74) is 0.386. The van der Waals surface area contributed by atoms with E-state index in [0.29, 0.717) is 24.2 Å². The highest BCUT2D eigenvalue weighted by Gasteiger charge is 2.27. The van der Waals surface area contributed by atoms with Crippen LogP contribution in [0, 0.1) is 16.0 Å². The predicted octanol–water partition coefficient (Wildman–Crippen LogP) is 3.62. The van der Waals surface area contributed by atoms with Crippen LogP contribution in [0.4, 0.5) is 16.2 Å². The quantitative estimate of drug-likeness (QED) is 0.555. The number of hydrogen-bond donors (Lipinski definition) is 2. The number of nitro groups is 1. The summed E-state index contributed by atoms with van der Waals surface area (Å²) in [5, 5.41) is 16.4. The fraction of sp³-hybridized carbons (Fsp3) is 0.611. The molecule has 1 aromatic carbocycles. The van der Waals surface area contributed by atoms with Crippen molar-refractivity contribution in [3.63, 3.8) is 0 Å². The number of nitrogens with one attached hydrogen (secondary N) is 2. The molecule has 0 bridgehead atoms. The highest BCUT2D eigenvalue weighted by atomic mass is 16.6. The van der Waals surface area contributed by atoms with Gasteiger partial charge in [-0.25, -0.2) is 4.79 Å². The summed E-state index contributed by atoms with van der Waals surface area (Å²) in [6.45, 7) is 7.17. The zero-order valence-corrected chi connectivity index (χ0v) is 15.0. The molecule has 1 aromatic rings. The molecule has 0 aromatic heterocycles. The molecule has 1 heterocycles. The molecule has 1 saturated heterocycles. The summed E-state index contributed by atoms with van der Waals surface area (Å²) in [6, 6.07) is 5.98. The third-order valence-electron chi connectivity index (χ3n) is 4.99. The summed E-state index contributed by atoms with van der Waals surface area (Å²) in [4.78, 5) is 25.0. The van der Waals surface area contributed by atoms with Crippen LogP contribution in [0.3, 0.4) is 0 Å². The average molecular weight is 348 g/mol. The molecular formula is C18H28N4O3.